The summed E-state index contributed by atoms with van der Waals surface area (Å²) in [7, 11) is 3.81. The number of nitrogens with zero attached hydrogens (tertiary/aromatic N) is 2. The van der Waals surface area contributed by atoms with E-state index in [0.29, 0.717) is 19.6 Å². The van der Waals surface area contributed by atoms with Crippen LogP contribution in [0.15, 0.2) is 24.3 Å². The van der Waals surface area contributed by atoms with E-state index >= 15 is 0 Å². The smallest absolute Gasteiger partial charge is 0.313 e. The quantitative estimate of drug-likeness (QED) is 0.745. The maximum atomic E-state index is 13.2. The molecule has 0 saturated heterocycles. The number of carbonyl (C=O) groups excluding carboxylic acids is 1. The van der Waals surface area contributed by atoms with Gasteiger partial charge < -0.3 is 14.9 Å². The zero-order valence-electron chi connectivity index (χ0n) is 12.8. The average molecular weight is 328 g/mol. The molecule has 7 heteroatoms. The highest BCUT2D eigenvalue weighted by Gasteiger charge is 2.15. The second-order valence-electron chi connectivity index (χ2n) is 5.14. The maximum Gasteiger partial charge on any atom is 0.313 e. The van der Waals surface area contributed by atoms with Crippen molar-refractivity contribution in [2.75, 3.05) is 38.7 Å². The molecule has 0 heterocycles. The summed E-state index contributed by atoms with van der Waals surface area (Å²) in [5.41, 5.74) is 0.718. The van der Waals surface area contributed by atoms with Gasteiger partial charge in [0.25, 0.3) is 0 Å². The molecule has 1 amide bonds. The Labute approximate surface area is 134 Å². The number of hydrogen-bond acceptors (Lipinski definition) is 4. The molecule has 0 aliphatic carbocycles. The van der Waals surface area contributed by atoms with Crippen LogP contribution in [0.1, 0.15) is 5.56 Å². The van der Waals surface area contributed by atoms with E-state index in [1.54, 1.807) is 17.0 Å². The second-order valence-corrected chi connectivity index (χ2v) is 6.12. The molecule has 0 saturated carbocycles. The fourth-order valence-electron chi connectivity index (χ4n) is 1.79. The van der Waals surface area contributed by atoms with E-state index in [4.69, 9.17) is 5.11 Å². The van der Waals surface area contributed by atoms with E-state index < -0.39 is 5.97 Å². The number of amides is 1. The lowest BCUT2D eigenvalue weighted by atomic mass is 10.2. The molecule has 0 atom stereocenters. The Balaban J connectivity index is 2.65. The number of carbonyl (C=O) groups is 2. The van der Waals surface area contributed by atoms with Gasteiger partial charge in [-0.25, -0.2) is 4.39 Å². The SMILES string of the molecule is CN(C)CCN(Cc1cccc(F)c1)C(=O)CSCC(=O)O. The van der Waals surface area contributed by atoms with Gasteiger partial charge in [0.1, 0.15) is 5.82 Å². The third-order valence-corrected chi connectivity index (χ3v) is 3.79. The number of aliphatic carboxylic acids is 1. The number of thioether (sulfide) groups is 1. The average Bonchev–Trinajstić information content (AvgIpc) is 2.42. The molecule has 0 radical (unpaired) electrons. The monoisotopic (exact) mass is 328 g/mol. The molecule has 122 valence electrons. The lowest BCUT2D eigenvalue weighted by Crippen LogP contribution is -2.37. The van der Waals surface area contributed by atoms with Crippen molar-refractivity contribution in [3.05, 3.63) is 35.6 Å². The lowest BCUT2D eigenvalue weighted by molar-refractivity contribution is -0.133. The van der Waals surface area contributed by atoms with Crippen molar-refractivity contribution in [3.8, 4) is 0 Å². The minimum Gasteiger partial charge on any atom is -0.481 e. The van der Waals surface area contributed by atoms with Crippen LogP contribution in [0.25, 0.3) is 0 Å². The van der Waals surface area contributed by atoms with Crippen LogP contribution in [0.3, 0.4) is 0 Å². The first-order valence-electron chi connectivity index (χ1n) is 6.85. The van der Waals surface area contributed by atoms with Crippen molar-refractivity contribution in [2.24, 2.45) is 0 Å². The van der Waals surface area contributed by atoms with Gasteiger partial charge in [-0.1, -0.05) is 12.1 Å². The van der Waals surface area contributed by atoms with Crippen molar-refractivity contribution < 1.29 is 19.1 Å². The number of carboxylic acids is 1. The van der Waals surface area contributed by atoms with Gasteiger partial charge in [0.15, 0.2) is 0 Å². The van der Waals surface area contributed by atoms with E-state index in [2.05, 4.69) is 0 Å². The number of rotatable bonds is 9. The molecule has 0 fully saturated rings. The molecule has 0 aromatic heterocycles. The molecule has 0 spiro atoms. The van der Waals surface area contributed by atoms with Crippen LogP contribution in [-0.4, -0.2) is 65.5 Å². The normalized spacial score (nSPS) is 10.7. The first kappa shape index (κ1) is 18.4. The van der Waals surface area contributed by atoms with Gasteiger partial charge in [0.05, 0.1) is 11.5 Å². The topological polar surface area (TPSA) is 60.9 Å². The van der Waals surface area contributed by atoms with E-state index in [1.807, 2.05) is 19.0 Å². The molecule has 0 bridgehead atoms. The molecule has 1 aromatic rings. The third kappa shape index (κ3) is 7.42. The molecule has 1 N–H and O–H groups in total. The van der Waals surface area contributed by atoms with Gasteiger partial charge in [-0.2, -0.15) is 0 Å². The van der Waals surface area contributed by atoms with Crippen molar-refractivity contribution >= 4 is 23.6 Å². The molecule has 0 unspecified atom stereocenters. The Hall–Kier alpha value is -1.60. The minimum atomic E-state index is -0.942. The van der Waals surface area contributed by atoms with Crippen LogP contribution in [0.5, 0.6) is 0 Å². The van der Waals surface area contributed by atoms with Crippen LogP contribution < -0.4 is 0 Å². The predicted octanol–water partition coefficient (Wildman–Crippen LogP) is 1.53. The number of likely N-dealkylation sites (N-methyl/N-ethyl adjacent to an activating group) is 1. The van der Waals surface area contributed by atoms with Crippen molar-refractivity contribution in [1.82, 2.24) is 9.80 Å². The Morgan fingerprint density at radius 1 is 1.23 bits per heavy atom. The fourth-order valence-corrected chi connectivity index (χ4v) is 2.42. The fraction of sp³-hybridized carbons (Fsp3) is 0.467. The largest absolute Gasteiger partial charge is 0.481 e. The van der Waals surface area contributed by atoms with Crippen molar-refractivity contribution in [3.63, 3.8) is 0 Å². The summed E-state index contributed by atoms with van der Waals surface area (Å²) in [4.78, 5) is 26.3. The summed E-state index contributed by atoms with van der Waals surface area (Å²) in [6, 6.07) is 6.14. The van der Waals surface area contributed by atoms with Gasteiger partial charge in [-0.05, 0) is 31.8 Å². The minimum absolute atomic E-state index is 0.104. The zero-order chi connectivity index (χ0) is 16.5. The molecule has 0 aliphatic rings. The Bertz CT molecular complexity index is 511. The van der Waals surface area contributed by atoms with Crippen LogP contribution in [0, 0.1) is 5.82 Å². The first-order valence-corrected chi connectivity index (χ1v) is 8.00. The Kier molecular flexibility index (Phi) is 7.90. The van der Waals surface area contributed by atoms with E-state index in [0.717, 1.165) is 17.3 Å². The lowest BCUT2D eigenvalue weighted by Gasteiger charge is -2.24. The van der Waals surface area contributed by atoms with E-state index in [-0.39, 0.29) is 23.2 Å². The predicted molar refractivity (Wildman–Crippen MR) is 85.3 cm³/mol. The highest BCUT2D eigenvalue weighted by Crippen LogP contribution is 2.10. The van der Waals surface area contributed by atoms with Gasteiger partial charge in [-0.3, -0.25) is 9.59 Å². The van der Waals surface area contributed by atoms with Crippen molar-refractivity contribution in [1.29, 1.82) is 0 Å². The van der Waals surface area contributed by atoms with Gasteiger partial charge in [0.2, 0.25) is 5.91 Å². The Morgan fingerprint density at radius 2 is 1.95 bits per heavy atom. The van der Waals surface area contributed by atoms with Gasteiger partial charge in [0, 0.05) is 19.6 Å². The standard InChI is InChI=1S/C15H21FN2O3S/c1-17(2)6-7-18(14(19)10-22-11-15(20)21)9-12-4-3-5-13(16)8-12/h3-5,8H,6-7,9-11H2,1-2H3,(H,20,21). The van der Waals surface area contributed by atoms with E-state index in [1.165, 1.54) is 12.1 Å². The number of hydrogen-bond donors (Lipinski definition) is 1. The first-order chi connectivity index (χ1) is 10.4. The summed E-state index contributed by atoms with van der Waals surface area (Å²) in [6.07, 6.45) is 0. The van der Waals surface area contributed by atoms with Crippen LogP contribution >= 0.6 is 11.8 Å². The molecule has 5 nitrogen and oxygen atoms in total. The molecule has 22 heavy (non-hydrogen) atoms. The van der Waals surface area contributed by atoms with Crippen LogP contribution in [0.2, 0.25) is 0 Å². The highest BCUT2D eigenvalue weighted by molar-refractivity contribution is 8.00. The summed E-state index contributed by atoms with van der Waals surface area (Å²) in [5.74, 6) is -1.42. The third-order valence-electron chi connectivity index (χ3n) is 2.88. The number of carboxylic acid groups (broad SMARTS) is 1. The van der Waals surface area contributed by atoms with Crippen LogP contribution in [0.4, 0.5) is 4.39 Å². The highest BCUT2D eigenvalue weighted by atomic mass is 32.2. The summed E-state index contributed by atoms with van der Waals surface area (Å²) in [6.45, 7) is 1.51. The number of benzene rings is 1. The molecular formula is C15H21FN2O3S. The van der Waals surface area contributed by atoms with Gasteiger partial charge in [-0.15, -0.1) is 11.8 Å². The van der Waals surface area contributed by atoms with Crippen LogP contribution in [-0.2, 0) is 16.1 Å². The second kappa shape index (κ2) is 9.42. The van der Waals surface area contributed by atoms with E-state index in [9.17, 15) is 14.0 Å². The zero-order valence-corrected chi connectivity index (χ0v) is 13.6. The van der Waals surface area contributed by atoms with Gasteiger partial charge >= 0.3 is 5.97 Å². The summed E-state index contributed by atoms with van der Waals surface area (Å²) >= 11 is 1.07. The molecule has 0 aliphatic heterocycles. The maximum absolute atomic E-state index is 13.2. The Morgan fingerprint density at radius 3 is 2.55 bits per heavy atom. The molecular weight excluding hydrogens is 307 g/mol. The molecule has 1 aromatic carbocycles. The summed E-state index contributed by atoms with van der Waals surface area (Å²) < 4.78 is 13.2. The summed E-state index contributed by atoms with van der Waals surface area (Å²) in [5, 5.41) is 8.61. The number of halogens is 1. The van der Waals surface area contributed by atoms with Crippen molar-refractivity contribution in [2.45, 2.75) is 6.54 Å². The molecule has 1 rings (SSSR count).